The van der Waals surface area contributed by atoms with Crippen LogP contribution >= 0.6 is 11.8 Å². The van der Waals surface area contributed by atoms with Crippen LogP contribution in [-0.4, -0.2) is 41.5 Å². The molecule has 4 aromatic rings. The maximum atomic E-state index is 12.8. The molecule has 8 nitrogen and oxygen atoms in total. The Morgan fingerprint density at radius 1 is 0.930 bits per heavy atom. The first kappa shape index (κ1) is 29.7. The Morgan fingerprint density at radius 3 is 2.26 bits per heavy atom. The number of carboxylic acid groups (broad SMARTS) is 1. The van der Waals surface area contributed by atoms with Crippen LogP contribution in [0.1, 0.15) is 44.1 Å². The summed E-state index contributed by atoms with van der Waals surface area (Å²) >= 11 is 1.25. The number of carbonyl (C=O) groups excluding carboxylic acids is 2. The molecule has 1 aliphatic rings. The van der Waals surface area contributed by atoms with Crippen molar-refractivity contribution < 1.29 is 24.2 Å². The van der Waals surface area contributed by atoms with Crippen LogP contribution in [0.2, 0.25) is 0 Å². The lowest BCUT2D eigenvalue weighted by Crippen LogP contribution is -2.43. The van der Waals surface area contributed by atoms with Gasteiger partial charge in [0.2, 0.25) is 5.91 Å². The van der Waals surface area contributed by atoms with E-state index in [0.29, 0.717) is 17.8 Å². The molecule has 5 N–H and O–H groups in total. The van der Waals surface area contributed by atoms with Gasteiger partial charge in [-0.05, 0) is 65.4 Å². The summed E-state index contributed by atoms with van der Waals surface area (Å²) in [5.41, 5.74) is 14.2. The fraction of sp³-hybridized carbons (Fsp3) is 0.206. The number of amides is 2. The minimum Gasteiger partial charge on any atom is -0.480 e. The third kappa shape index (κ3) is 6.84. The van der Waals surface area contributed by atoms with Gasteiger partial charge in [0, 0.05) is 34.4 Å². The van der Waals surface area contributed by atoms with Gasteiger partial charge in [0.05, 0.1) is 0 Å². The number of hydrogen-bond donors (Lipinski definition) is 4. The predicted octanol–water partition coefficient (Wildman–Crippen LogP) is 6.10. The molecular weight excluding hydrogens is 562 g/mol. The van der Waals surface area contributed by atoms with E-state index in [1.807, 2.05) is 74.5 Å². The first-order valence-corrected chi connectivity index (χ1v) is 14.9. The summed E-state index contributed by atoms with van der Waals surface area (Å²) in [5, 5.41) is 15.7. The molecule has 2 amide bonds. The molecule has 220 valence electrons. The highest BCUT2D eigenvalue weighted by atomic mass is 32.2. The zero-order chi connectivity index (χ0) is 30.5. The van der Waals surface area contributed by atoms with E-state index in [1.54, 1.807) is 18.2 Å². The Labute approximate surface area is 254 Å². The second-order valence-electron chi connectivity index (χ2n) is 10.5. The SMILES string of the molecule is Cc1ccc(C)c(CNc2cc(C(N)=O)ccc2SC[C@H](NC(=O)OCC2c3ccccc3-c3ccccc32)C(=O)O)c1. The average Bonchev–Trinajstić information content (AvgIpc) is 3.32. The fourth-order valence-corrected chi connectivity index (χ4v) is 6.28. The second-order valence-corrected chi connectivity index (χ2v) is 11.6. The molecule has 9 heteroatoms. The maximum absolute atomic E-state index is 12.8. The summed E-state index contributed by atoms with van der Waals surface area (Å²) in [5.74, 6) is -1.84. The number of primary amides is 1. The first-order chi connectivity index (χ1) is 20.7. The van der Waals surface area contributed by atoms with Gasteiger partial charge in [0.15, 0.2) is 0 Å². The van der Waals surface area contributed by atoms with E-state index in [9.17, 15) is 19.5 Å². The minimum absolute atomic E-state index is 0.0353. The van der Waals surface area contributed by atoms with Crippen LogP contribution in [0.15, 0.2) is 89.8 Å². The molecule has 0 fully saturated rings. The number of thioether (sulfide) groups is 1. The maximum Gasteiger partial charge on any atom is 0.407 e. The van der Waals surface area contributed by atoms with Gasteiger partial charge >= 0.3 is 12.1 Å². The first-order valence-electron chi connectivity index (χ1n) is 13.9. The highest BCUT2D eigenvalue weighted by molar-refractivity contribution is 7.99. The van der Waals surface area contributed by atoms with Crippen molar-refractivity contribution in [3.8, 4) is 11.1 Å². The Hall–Kier alpha value is -4.76. The Kier molecular flexibility index (Phi) is 9.01. The largest absolute Gasteiger partial charge is 0.480 e. The fourth-order valence-electron chi connectivity index (χ4n) is 5.26. The average molecular weight is 596 g/mol. The van der Waals surface area contributed by atoms with Crippen molar-refractivity contribution in [2.45, 2.75) is 37.2 Å². The van der Waals surface area contributed by atoms with Crippen LogP contribution < -0.4 is 16.4 Å². The van der Waals surface area contributed by atoms with Crippen molar-refractivity contribution in [1.29, 1.82) is 0 Å². The van der Waals surface area contributed by atoms with Crippen molar-refractivity contribution in [1.82, 2.24) is 5.32 Å². The number of fused-ring (bicyclic) bond motifs is 3. The van der Waals surface area contributed by atoms with E-state index >= 15 is 0 Å². The van der Waals surface area contributed by atoms with Crippen molar-refractivity contribution >= 4 is 35.4 Å². The molecule has 4 aromatic carbocycles. The normalized spacial score (nSPS) is 12.6. The third-order valence-corrected chi connectivity index (χ3v) is 8.74. The Bertz CT molecular complexity index is 1640. The summed E-state index contributed by atoms with van der Waals surface area (Å²) < 4.78 is 5.56. The molecule has 43 heavy (non-hydrogen) atoms. The summed E-state index contributed by atoms with van der Waals surface area (Å²) in [6, 6.07) is 26.0. The van der Waals surface area contributed by atoms with Crippen molar-refractivity contribution in [2.75, 3.05) is 17.7 Å². The standard InChI is InChI=1S/C34H33N3O5S/c1-20-11-12-21(2)23(15-20)17-36-29-16-22(32(35)38)13-14-31(29)43-19-30(33(39)40)37-34(41)42-18-28-26-9-5-3-7-24(26)25-8-4-6-10-27(25)28/h3-16,28,30,36H,17-19H2,1-2H3,(H2,35,38)(H,37,41)(H,39,40)/t30-/m0/s1. The van der Waals surface area contributed by atoms with Crippen LogP contribution in [0, 0.1) is 13.8 Å². The van der Waals surface area contributed by atoms with Crippen molar-refractivity contribution in [3.05, 3.63) is 118 Å². The summed E-state index contributed by atoms with van der Waals surface area (Å²) in [6.07, 6.45) is -0.799. The molecule has 0 aliphatic heterocycles. The molecular formula is C34H33N3O5S. The van der Waals surface area contributed by atoms with Crippen LogP contribution in [0.5, 0.6) is 0 Å². The van der Waals surface area contributed by atoms with Gasteiger partial charge in [-0.2, -0.15) is 0 Å². The lowest BCUT2D eigenvalue weighted by molar-refractivity contribution is -0.138. The topological polar surface area (TPSA) is 131 Å². The molecule has 0 unspecified atom stereocenters. The summed E-state index contributed by atoms with van der Waals surface area (Å²) in [7, 11) is 0. The van der Waals surface area contributed by atoms with E-state index in [1.165, 1.54) is 11.8 Å². The smallest absolute Gasteiger partial charge is 0.407 e. The molecule has 0 radical (unpaired) electrons. The molecule has 0 spiro atoms. The summed E-state index contributed by atoms with van der Waals surface area (Å²) in [6.45, 7) is 4.63. The number of aliphatic carboxylic acids is 1. The third-order valence-electron chi connectivity index (χ3n) is 7.58. The van der Waals surface area contributed by atoms with Crippen LogP contribution in [0.4, 0.5) is 10.5 Å². The quantitative estimate of drug-likeness (QED) is 0.154. The molecule has 0 saturated heterocycles. The van der Waals surface area contributed by atoms with Gasteiger partial charge < -0.3 is 26.2 Å². The number of carbonyl (C=O) groups is 3. The van der Waals surface area contributed by atoms with E-state index in [-0.39, 0.29) is 18.3 Å². The predicted molar refractivity (Wildman–Crippen MR) is 169 cm³/mol. The zero-order valence-electron chi connectivity index (χ0n) is 23.9. The Morgan fingerprint density at radius 2 is 1.60 bits per heavy atom. The van der Waals surface area contributed by atoms with E-state index in [2.05, 4.69) is 16.7 Å². The van der Waals surface area contributed by atoms with Gasteiger partial charge in [0.25, 0.3) is 0 Å². The number of carboxylic acids is 1. The number of benzene rings is 4. The summed E-state index contributed by atoms with van der Waals surface area (Å²) in [4.78, 5) is 37.5. The number of aryl methyl sites for hydroxylation is 2. The minimum atomic E-state index is -1.21. The van der Waals surface area contributed by atoms with Crippen LogP contribution in [-0.2, 0) is 16.1 Å². The molecule has 0 heterocycles. The Balaban J connectivity index is 1.24. The highest BCUT2D eigenvalue weighted by Crippen LogP contribution is 2.44. The highest BCUT2D eigenvalue weighted by Gasteiger charge is 2.30. The molecule has 1 atom stereocenters. The lowest BCUT2D eigenvalue weighted by Gasteiger charge is -2.18. The van der Waals surface area contributed by atoms with Gasteiger partial charge in [-0.15, -0.1) is 11.8 Å². The number of hydrogen-bond acceptors (Lipinski definition) is 6. The van der Waals surface area contributed by atoms with Crippen molar-refractivity contribution in [2.24, 2.45) is 5.73 Å². The van der Waals surface area contributed by atoms with Crippen LogP contribution in [0.3, 0.4) is 0 Å². The monoisotopic (exact) mass is 595 g/mol. The molecule has 1 aliphatic carbocycles. The van der Waals surface area contributed by atoms with Crippen molar-refractivity contribution in [3.63, 3.8) is 0 Å². The number of rotatable bonds is 11. The molecule has 0 aromatic heterocycles. The van der Waals surface area contributed by atoms with E-state index < -0.39 is 24.0 Å². The number of ether oxygens (including phenoxy) is 1. The number of nitrogens with one attached hydrogen (secondary N) is 2. The second kappa shape index (κ2) is 13.0. The van der Waals surface area contributed by atoms with Gasteiger partial charge in [0.1, 0.15) is 12.6 Å². The van der Waals surface area contributed by atoms with Gasteiger partial charge in [-0.1, -0.05) is 72.3 Å². The number of alkyl carbamates (subject to hydrolysis) is 1. The van der Waals surface area contributed by atoms with Gasteiger partial charge in [-0.3, -0.25) is 4.79 Å². The molecule has 0 bridgehead atoms. The molecule has 0 saturated carbocycles. The number of nitrogens with two attached hydrogens (primary N) is 1. The van der Waals surface area contributed by atoms with Crippen LogP contribution in [0.25, 0.3) is 11.1 Å². The van der Waals surface area contributed by atoms with E-state index in [0.717, 1.165) is 43.8 Å². The lowest BCUT2D eigenvalue weighted by atomic mass is 9.98. The number of anilines is 1. The zero-order valence-corrected chi connectivity index (χ0v) is 24.7. The van der Waals surface area contributed by atoms with E-state index in [4.69, 9.17) is 10.5 Å². The van der Waals surface area contributed by atoms with Gasteiger partial charge in [-0.25, -0.2) is 9.59 Å². The molecule has 5 rings (SSSR count).